The molecule has 0 atom stereocenters. The summed E-state index contributed by atoms with van der Waals surface area (Å²) in [5, 5.41) is -0.530. The number of anilines is 1. The van der Waals surface area contributed by atoms with Crippen LogP contribution in [0.3, 0.4) is 0 Å². The number of para-hydroxylation sites is 1. The van der Waals surface area contributed by atoms with Gasteiger partial charge < -0.3 is 4.90 Å². The Morgan fingerprint density at radius 2 is 1.31 bits per heavy atom. The van der Waals surface area contributed by atoms with Crippen molar-refractivity contribution >= 4 is 28.4 Å². The molecule has 4 rings (SSSR count). The van der Waals surface area contributed by atoms with Gasteiger partial charge in [-0.15, -0.1) is 0 Å². The van der Waals surface area contributed by atoms with Gasteiger partial charge >= 0.3 is 0 Å². The summed E-state index contributed by atoms with van der Waals surface area (Å²) < 4.78 is 0. The zero-order chi connectivity index (χ0) is 18.1. The van der Waals surface area contributed by atoms with Gasteiger partial charge in [-0.25, -0.2) is 0 Å². The predicted molar refractivity (Wildman–Crippen MR) is 103 cm³/mol. The van der Waals surface area contributed by atoms with E-state index in [1.807, 2.05) is 30.3 Å². The van der Waals surface area contributed by atoms with Gasteiger partial charge in [0.1, 0.15) is 0 Å². The maximum absolute atomic E-state index is 13.2. The Bertz CT molecular complexity index is 995. The van der Waals surface area contributed by atoms with Crippen molar-refractivity contribution in [1.82, 2.24) is 0 Å². The molecule has 0 radical (unpaired) electrons. The zero-order valence-electron chi connectivity index (χ0n) is 14.0. The van der Waals surface area contributed by atoms with Crippen molar-refractivity contribution in [3.05, 3.63) is 101 Å². The van der Waals surface area contributed by atoms with Crippen molar-refractivity contribution in [2.75, 3.05) is 4.90 Å². The SMILES string of the molecule is O=C(Cl)c1ccc(C(=O)N2Cc3ccccc3Cc3ccccc32)cc1. The topological polar surface area (TPSA) is 37.4 Å². The Labute approximate surface area is 156 Å². The minimum absolute atomic E-state index is 0.0947. The van der Waals surface area contributed by atoms with Crippen LogP contribution < -0.4 is 4.90 Å². The summed E-state index contributed by atoms with van der Waals surface area (Å²) in [6.45, 7) is 0.516. The van der Waals surface area contributed by atoms with E-state index in [9.17, 15) is 9.59 Å². The molecule has 26 heavy (non-hydrogen) atoms. The van der Waals surface area contributed by atoms with Crippen molar-refractivity contribution in [2.45, 2.75) is 13.0 Å². The van der Waals surface area contributed by atoms with Crippen LogP contribution in [0.15, 0.2) is 72.8 Å². The third kappa shape index (κ3) is 3.02. The lowest BCUT2D eigenvalue weighted by molar-refractivity contribution is 0.0984. The number of fused-ring (bicyclic) bond motifs is 2. The summed E-state index contributed by atoms with van der Waals surface area (Å²) in [5.41, 5.74) is 5.33. The first-order valence-electron chi connectivity index (χ1n) is 8.40. The maximum atomic E-state index is 13.2. The molecular weight excluding hydrogens is 346 g/mol. The molecule has 0 fully saturated rings. The molecule has 1 amide bonds. The van der Waals surface area contributed by atoms with Crippen LogP contribution in [0, 0.1) is 0 Å². The summed E-state index contributed by atoms with van der Waals surface area (Å²) in [6, 6.07) is 22.7. The average Bonchev–Trinajstić information content (AvgIpc) is 2.84. The van der Waals surface area contributed by atoms with Crippen LogP contribution in [0.25, 0.3) is 0 Å². The third-order valence-electron chi connectivity index (χ3n) is 4.71. The molecule has 1 aliphatic rings. The van der Waals surface area contributed by atoms with E-state index in [0.29, 0.717) is 17.7 Å². The molecule has 3 nitrogen and oxygen atoms in total. The van der Waals surface area contributed by atoms with E-state index < -0.39 is 5.24 Å². The quantitative estimate of drug-likeness (QED) is 0.614. The van der Waals surface area contributed by atoms with E-state index in [-0.39, 0.29) is 5.91 Å². The molecule has 0 unspecified atom stereocenters. The highest BCUT2D eigenvalue weighted by Crippen LogP contribution is 2.31. The second kappa shape index (κ2) is 6.77. The lowest BCUT2D eigenvalue weighted by atomic mass is 10.0. The normalized spacial score (nSPS) is 12.7. The predicted octanol–water partition coefficient (Wildman–Crippen LogP) is 4.82. The largest absolute Gasteiger partial charge is 0.304 e. The van der Waals surface area contributed by atoms with Crippen molar-refractivity contribution in [2.24, 2.45) is 0 Å². The fourth-order valence-electron chi connectivity index (χ4n) is 3.35. The van der Waals surface area contributed by atoms with Crippen molar-refractivity contribution in [3.63, 3.8) is 0 Å². The number of hydrogen-bond acceptors (Lipinski definition) is 2. The van der Waals surface area contributed by atoms with E-state index in [0.717, 1.165) is 23.2 Å². The van der Waals surface area contributed by atoms with Gasteiger partial charge in [-0.1, -0.05) is 42.5 Å². The van der Waals surface area contributed by atoms with Crippen LogP contribution in [-0.4, -0.2) is 11.1 Å². The highest BCUT2D eigenvalue weighted by molar-refractivity contribution is 6.67. The molecule has 3 aromatic carbocycles. The fourth-order valence-corrected chi connectivity index (χ4v) is 3.48. The summed E-state index contributed by atoms with van der Waals surface area (Å²) >= 11 is 5.49. The van der Waals surface area contributed by atoms with Gasteiger partial charge in [0.25, 0.3) is 11.1 Å². The number of halogens is 1. The first-order valence-corrected chi connectivity index (χ1v) is 8.78. The van der Waals surface area contributed by atoms with Gasteiger partial charge in [0.2, 0.25) is 0 Å². The summed E-state index contributed by atoms with van der Waals surface area (Å²) in [5.74, 6) is -0.0947. The van der Waals surface area contributed by atoms with E-state index in [1.54, 1.807) is 29.2 Å². The molecular formula is C22H16ClNO2. The van der Waals surface area contributed by atoms with Crippen LogP contribution in [-0.2, 0) is 13.0 Å². The van der Waals surface area contributed by atoms with Crippen LogP contribution >= 0.6 is 11.6 Å². The first-order chi connectivity index (χ1) is 12.6. The Morgan fingerprint density at radius 3 is 2.00 bits per heavy atom. The Kier molecular flexibility index (Phi) is 4.31. The van der Waals surface area contributed by atoms with Crippen molar-refractivity contribution in [1.29, 1.82) is 0 Å². The van der Waals surface area contributed by atoms with Gasteiger partial charge in [-0.3, -0.25) is 9.59 Å². The number of carbonyl (C=O) groups is 2. The van der Waals surface area contributed by atoms with Gasteiger partial charge in [0, 0.05) is 16.8 Å². The monoisotopic (exact) mass is 361 g/mol. The Balaban J connectivity index is 1.76. The Morgan fingerprint density at radius 1 is 0.731 bits per heavy atom. The summed E-state index contributed by atoms with van der Waals surface area (Å²) in [6.07, 6.45) is 0.801. The van der Waals surface area contributed by atoms with Gasteiger partial charge in [0.15, 0.2) is 0 Å². The van der Waals surface area contributed by atoms with Gasteiger partial charge in [-0.2, -0.15) is 0 Å². The molecule has 1 aliphatic heterocycles. The molecule has 0 aliphatic carbocycles. The molecule has 4 heteroatoms. The highest BCUT2D eigenvalue weighted by atomic mass is 35.5. The van der Waals surface area contributed by atoms with Crippen molar-refractivity contribution < 1.29 is 9.59 Å². The lowest BCUT2D eigenvalue weighted by Gasteiger charge is -2.23. The lowest BCUT2D eigenvalue weighted by Crippen LogP contribution is -2.30. The Hall–Kier alpha value is -2.91. The molecule has 128 valence electrons. The molecule has 0 saturated heterocycles. The number of amides is 1. The van der Waals surface area contributed by atoms with E-state index in [1.165, 1.54) is 5.56 Å². The summed E-state index contributed by atoms with van der Waals surface area (Å²) in [4.78, 5) is 26.3. The van der Waals surface area contributed by atoms with E-state index in [2.05, 4.69) is 18.2 Å². The summed E-state index contributed by atoms with van der Waals surface area (Å²) in [7, 11) is 0. The molecule has 3 aromatic rings. The number of carbonyl (C=O) groups excluding carboxylic acids is 2. The zero-order valence-corrected chi connectivity index (χ0v) is 14.7. The minimum atomic E-state index is -0.530. The average molecular weight is 362 g/mol. The van der Waals surface area contributed by atoms with Crippen LogP contribution in [0.1, 0.15) is 37.4 Å². The molecule has 0 N–H and O–H groups in total. The number of nitrogens with zero attached hydrogens (tertiary/aromatic N) is 1. The molecule has 0 saturated carbocycles. The number of hydrogen-bond donors (Lipinski definition) is 0. The standard InChI is InChI=1S/C22H16ClNO2/c23-21(25)15-9-11-16(12-10-15)22(26)24-14-19-7-2-1-5-17(19)13-18-6-3-4-8-20(18)24/h1-12H,13-14H2. The second-order valence-corrected chi connectivity index (χ2v) is 6.66. The van der Waals surface area contributed by atoms with Crippen LogP contribution in [0.5, 0.6) is 0 Å². The first kappa shape index (κ1) is 16.6. The molecule has 0 spiro atoms. The van der Waals surface area contributed by atoms with E-state index >= 15 is 0 Å². The second-order valence-electron chi connectivity index (χ2n) is 6.32. The highest BCUT2D eigenvalue weighted by Gasteiger charge is 2.24. The number of rotatable bonds is 2. The van der Waals surface area contributed by atoms with Gasteiger partial charge in [0.05, 0.1) is 6.54 Å². The minimum Gasteiger partial charge on any atom is -0.304 e. The molecule has 0 bridgehead atoms. The van der Waals surface area contributed by atoms with Crippen molar-refractivity contribution in [3.8, 4) is 0 Å². The van der Waals surface area contributed by atoms with Crippen LogP contribution in [0.4, 0.5) is 5.69 Å². The molecule has 1 heterocycles. The molecule has 0 aromatic heterocycles. The van der Waals surface area contributed by atoms with Crippen LogP contribution in [0.2, 0.25) is 0 Å². The smallest absolute Gasteiger partial charge is 0.258 e. The van der Waals surface area contributed by atoms with Gasteiger partial charge in [-0.05, 0) is 65.0 Å². The fraction of sp³-hybridized carbons (Fsp3) is 0.0909. The number of benzene rings is 3. The maximum Gasteiger partial charge on any atom is 0.258 e. The third-order valence-corrected chi connectivity index (χ3v) is 4.93. The van der Waals surface area contributed by atoms with E-state index in [4.69, 9.17) is 11.6 Å².